The van der Waals surface area contributed by atoms with E-state index in [4.69, 9.17) is 5.11 Å². The zero-order valence-electron chi connectivity index (χ0n) is 7.32. The van der Waals surface area contributed by atoms with Crippen molar-refractivity contribution in [3.05, 3.63) is 24.5 Å². The fourth-order valence-corrected chi connectivity index (χ4v) is 1.28. The minimum atomic E-state index is -0.887. The normalized spacial score (nSPS) is 10.3. The Morgan fingerprint density at radius 3 is 3.21 bits per heavy atom. The molecule has 0 aliphatic heterocycles. The maximum Gasteiger partial charge on any atom is 0.322 e. The van der Waals surface area contributed by atoms with Gasteiger partial charge in [0.15, 0.2) is 0 Å². The molecule has 72 valence electrons. The first-order valence-electron chi connectivity index (χ1n) is 4.15. The van der Waals surface area contributed by atoms with Crippen molar-refractivity contribution in [1.82, 2.24) is 9.97 Å². The van der Waals surface area contributed by atoms with E-state index >= 15 is 0 Å². The number of hydrogen-bond acceptors (Lipinski definition) is 3. The van der Waals surface area contributed by atoms with Crippen molar-refractivity contribution < 1.29 is 9.90 Å². The first-order valence-corrected chi connectivity index (χ1v) is 4.15. The fourth-order valence-electron chi connectivity index (χ4n) is 1.28. The molecule has 0 amide bonds. The third-order valence-corrected chi connectivity index (χ3v) is 1.88. The second kappa shape index (κ2) is 3.37. The van der Waals surface area contributed by atoms with Gasteiger partial charge in [0.2, 0.25) is 0 Å². The summed E-state index contributed by atoms with van der Waals surface area (Å²) in [4.78, 5) is 17.5. The summed E-state index contributed by atoms with van der Waals surface area (Å²) in [7, 11) is 0. The lowest BCUT2D eigenvalue weighted by Gasteiger charge is -2.03. The molecule has 0 aliphatic rings. The van der Waals surface area contributed by atoms with E-state index in [1.165, 1.54) is 0 Å². The molecule has 0 atom stereocenters. The molecule has 5 heteroatoms. The molecule has 2 rings (SSSR count). The van der Waals surface area contributed by atoms with Crippen LogP contribution in [0.2, 0.25) is 0 Å². The Hall–Kier alpha value is -2.04. The second-order valence-electron chi connectivity index (χ2n) is 2.84. The molecule has 14 heavy (non-hydrogen) atoms. The third-order valence-electron chi connectivity index (χ3n) is 1.88. The first kappa shape index (κ1) is 8.55. The molecule has 0 unspecified atom stereocenters. The van der Waals surface area contributed by atoms with Crippen LogP contribution in [0.15, 0.2) is 24.5 Å². The number of aromatic nitrogens is 2. The van der Waals surface area contributed by atoms with Crippen LogP contribution in [0.5, 0.6) is 0 Å². The van der Waals surface area contributed by atoms with Crippen LogP contribution in [0, 0.1) is 0 Å². The maximum atomic E-state index is 10.4. The Morgan fingerprint density at radius 1 is 1.57 bits per heavy atom. The van der Waals surface area contributed by atoms with E-state index in [1.807, 2.05) is 6.07 Å². The van der Waals surface area contributed by atoms with Gasteiger partial charge in [-0.05, 0) is 12.1 Å². The van der Waals surface area contributed by atoms with E-state index in [2.05, 4.69) is 15.3 Å². The number of carboxylic acid groups (broad SMARTS) is 1. The SMILES string of the molecule is O=C(O)CNc1ccnc2cc[nH]c12. The van der Waals surface area contributed by atoms with Crippen molar-refractivity contribution in [3.8, 4) is 0 Å². The lowest BCUT2D eigenvalue weighted by Crippen LogP contribution is -2.12. The molecule has 5 nitrogen and oxygen atoms in total. The van der Waals surface area contributed by atoms with Crippen molar-refractivity contribution in [1.29, 1.82) is 0 Å². The number of H-pyrrole nitrogens is 1. The third kappa shape index (κ3) is 1.52. The van der Waals surface area contributed by atoms with Crippen LogP contribution in [0.1, 0.15) is 0 Å². The predicted octanol–water partition coefficient (Wildman–Crippen LogP) is 1.06. The molecule has 0 saturated carbocycles. The highest BCUT2D eigenvalue weighted by molar-refractivity contribution is 5.89. The van der Waals surface area contributed by atoms with Gasteiger partial charge in [-0.1, -0.05) is 0 Å². The number of nitrogens with zero attached hydrogens (tertiary/aromatic N) is 1. The van der Waals surface area contributed by atoms with Crippen molar-refractivity contribution in [2.45, 2.75) is 0 Å². The maximum absolute atomic E-state index is 10.4. The lowest BCUT2D eigenvalue weighted by atomic mass is 10.3. The minimum absolute atomic E-state index is 0.0991. The van der Waals surface area contributed by atoms with Crippen molar-refractivity contribution in [3.63, 3.8) is 0 Å². The molecule has 0 aliphatic carbocycles. The molecule has 2 aromatic rings. The zero-order valence-corrected chi connectivity index (χ0v) is 7.32. The lowest BCUT2D eigenvalue weighted by molar-refractivity contribution is -0.134. The second-order valence-corrected chi connectivity index (χ2v) is 2.84. The van der Waals surface area contributed by atoms with Gasteiger partial charge < -0.3 is 15.4 Å². The van der Waals surface area contributed by atoms with E-state index in [0.717, 1.165) is 16.7 Å². The number of anilines is 1. The Balaban J connectivity index is 2.32. The summed E-state index contributed by atoms with van der Waals surface area (Å²) in [6.07, 6.45) is 3.41. The molecule has 0 bridgehead atoms. The van der Waals surface area contributed by atoms with Gasteiger partial charge in [0.1, 0.15) is 6.54 Å². The summed E-state index contributed by atoms with van der Waals surface area (Å²) in [5, 5.41) is 11.3. The zero-order chi connectivity index (χ0) is 9.97. The van der Waals surface area contributed by atoms with Crippen LogP contribution in [0.4, 0.5) is 5.69 Å². The summed E-state index contributed by atoms with van der Waals surface area (Å²) in [5.74, 6) is -0.887. The highest BCUT2D eigenvalue weighted by Crippen LogP contribution is 2.18. The van der Waals surface area contributed by atoms with Crippen LogP contribution in [-0.2, 0) is 4.79 Å². The summed E-state index contributed by atoms with van der Waals surface area (Å²) in [6, 6.07) is 3.57. The molecule has 2 heterocycles. The largest absolute Gasteiger partial charge is 0.480 e. The Labute approximate surface area is 79.8 Å². The van der Waals surface area contributed by atoms with Crippen LogP contribution in [-0.4, -0.2) is 27.6 Å². The minimum Gasteiger partial charge on any atom is -0.480 e. The van der Waals surface area contributed by atoms with E-state index < -0.39 is 5.97 Å². The number of rotatable bonds is 3. The Kier molecular flexibility index (Phi) is 2.06. The molecule has 0 radical (unpaired) electrons. The van der Waals surface area contributed by atoms with Crippen LogP contribution in [0.25, 0.3) is 11.0 Å². The number of nitrogens with one attached hydrogen (secondary N) is 2. The summed E-state index contributed by atoms with van der Waals surface area (Å²) >= 11 is 0. The van der Waals surface area contributed by atoms with Crippen LogP contribution in [0.3, 0.4) is 0 Å². The van der Waals surface area contributed by atoms with E-state index in [-0.39, 0.29) is 6.54 Å². The van der Waals surface area contributed by atoms with E-state index in [9.17, 15) is 4.79 Å². The monoisotopic (exact) mass is 191 g/mol. The smallest absolute Gasteiger partial charge is 0.322 e. The van der Waals surface area contributed by atoms with Gasteiger partial charge in [-0.25, -0.2) is 0 Å². The van der Waals surface area contributed by atoms with Gasteiger partial charge >= 0.3 is 5.97 Å². The molecule has 2 aromatic heterocycles. The van der Waals surface area contributed by atoms with Crippen LogP contribution >= 0.6 is 0 Å². The number of carbonyl (C=O) groups is 1. The number of hydrogen-bond donors (Lipinski definition) is 3. The Morgan fingerprint density at radius 2 is 2.43 bits per heavy atom. The number of aliphatic carboxylic acids is 1. The molecule has 0 fully saturated rings. The van der Waals surface area contributed by atoms with Gasteiger partial charge in [0.25, 0.3) is 0 Å². The first-order chi connectivity index (χ1) is 6.77. The number of fused-ring (bicyclic) bond motifs is 1. The molecular weight excluding hydrogens is 182 g/mol. The van der Waals surface area contributed by atoms with Gasteiger partial charge in [0, 0.05) is 12.4 Å². The fraction of sp³-hybridized carbons (Fsp3) is 0.111. The predicted molar refractivity (Wildman–Crippen MR) is 52.2 cm³/mol. The molecule has 0 aromatic carbocycles. The van der Waals surface area contributed by atoms with Gasteiger partial charge in [0.05, 0.1) is 16.7 Å². The van der Waals surface area contributed by atoms with E-state index in [1.54, 1.807) is 18.5 Å². The Bertz CT molecular complexity index is 464. The topological polar surface area (TPSA) is 78.0 Å². The highest BCUT2D eigenvalue weighted by atomic mass is 16.4. The van der Waals surface area contributed by atoms with Gasteiger partial charge in [-0.3, -0.25) is 9.78 Å². The van der Waals surface area contributed by atoms with Crippen molar-refractivity contribution in [2.75, 3.05) is 11.9 Å². The average molecular weight is 191 g/mol. The molecular formula is C9H9N3O2. The van der Waals surface area contributed by atoms with Gasteiger partial charge in [-0.15, -0.1) is 0 Å². The average Bonchev–Trinajstić information content (AvgIpc) is 2.62. The van der Waals surface area contributed by atoms with Gasteiger partial charge in [-0.2, -0.15) is 0 Å². The van der Waals surface area contributed by atoms with Crippen molar-refractivity contribution in [2.24, 2.45) is 0 Å². The summed E-state index contributed by atoms with van der Waals surface area (Å²) in [6.45, 7) is -0.0991. The summed E-state index contributed by atoms with van der Waals surface area (Å²) < 4.78 is 0. The number of carboxylic acids is 1. The van der Waals surface area contributed by atoms with Crippen molar-refractivity contribution >= 4 is 22.7 Å². The molecule has 3 N–H and O–H groups in total. The standard InChI is InChI=1S/C9H9N3O2/c13-8(14)5-12-7-1-3-10-6-2-4-11-9(6)7/h1-4,11H,5H2,(H,10,12)(H,13,14). The quantitative estimate of drug-likeness (QED) is 0.677. The molecule has 0 spiro atoms. The number of pyridine rings is 1. The number of aromatic amines is 1. The highest BCUT2D eigenvalue weighted by Gasteiger charge is 2.03. The van der Waals surface area contributed by atoms with Crippen LogP contribution < -0.4 is 5.32 Å². The molecule has 0 saturated heterocycles. The van der Waals surface area contributed by atoms with E-state index in [0.29, 0.717) is 0 Å². The summed E-state index contributed by atoms with van der Waals surface area (Å²) in [5.41, 5.74) is 2.40.